The average Bonchev–Trinajstić information content (AvgIpc) is 2.72. The number of aryl methyl sites for hydroxylation is 2. The SMILES string of the molecule is Cc1ccc(CCC(=O)NCC(=O)N2CCNCC2c2cccnc2)cc1. The molecule has 0 saturated carbocycles. The number of carbonyl (C=O) groups is 2. The number of hydrogen-bond acceptors (Lipinski definition) is 4. The lowest BCUT2D eigenvalue weighted by atomic mass is 10.1. The highest BCUT2D eigenvalue weighted by atomic mass is 16.2. The average molecular weight is 366 g/mol. The maximum absolute atomic E-state index is 12.7. The Bertz CT molecular complexity index is 762. The van der Waals surface area contributed by atoms with E-state index in [1.54, 1.807) is 12.4 Å². The van der Waals surface area contributed by atoms with Gasteiger partial charge in [0.05, 0.1) is 12.6 Å². The maximum Gasteiger partial charge on any atom is 0.242 e. The summed E-state index contributed by atoms with van der Waals surface area (Å²) in [5.41, 5.74) is 3.33. The summed E-state index contributed by atoms with van der Waals surface area (Å²) >= 11 is 0. The quantitative estimate of drug-likeness (QED) is 0.815. The summed E-state index contributed by atoms with van der Waals surface area (Å²) < 4.78 is 0. The second kappa shape index (κ2) is 9.28. The van der Waals surface area contributed by atoms with Crippen LogP contribution in [0.1, 0.15) is 29.2 Å². The van der Waals surface area contributed by atoms with E-state index in [4.69, 9.17) is 0 Å². The summed E-state index contributed by atoms with van der Waals surface area (Å²) in [6.45, 7) is 4.14. The normalized spacial score (nSPS) is 16.8. The van der Waals surface area contributed by atoms with Crippen LogP contribution in [0.15, 0.2) is 48.8 Å². The minimum absolute atomic E-state index is 0.0312. The monoisotopic (exact) mass is 366 g/mol. The Hall–Kier alpha value is -2.73. The van der Waals surface area contributed by atoms with Crippen LogP contribution in [0.25, 0.3) is 0 Å². The zero-order valence-corrected chi connectivity index (χ0v) is 15.6. The lowest BCUT2D eigenvalue weighted by Crippen LogP contribution is -2.51. The van der Waals surface area contributed by atoms with Crippen LogP contribution >= 0.6 is 0 Å². The van der Waals surface area contributed by atoms with E-state index in [-0.39, 0.29) is 24.4 Å². The van der Waals surface area contributed by atoms with Gasteiger partial charge in [0.25, 0.3) is 0 Å². The Morgan fingerprint density at radius 2 is 2.07 bits per heavy atom. The van der Waals surface area contributed by atoms with Gasteiger partial charge in [-0.05, 0) is 30.5 Å². The number of nitrogens with zero attached hydrogens (tertiary/aromatic N) is 2. The predicted molar refractivity (Wildman–Crippen MR) is 104 cm³/mol. The van der Waals surface area contributed by atoms with Crippen molar-refractivity contribution < 1.29 is 9.59 Å². The summed E-state index contributed by atoms with van der Waals surface area (Å²) in [5.74, 6) is -0.161. The van der Waals surface area contributed by atoms with Crippen LogP contribution < -0.4 is 10.6 Å². The summed E-state index contributed by atoms with van der Waals surface area (Å²) in [5, 5.41) is 6.08. The molecule has 6 nitrogen and oxygen atoms in total. The summed E-state index contributed by atoms with van der Waals surface area (Å²) in [6, 6.07) is 12.0. The van der Waals surface area contributed by atoms with Gasteiger partial charge in [0, 0.05) is 38.4 Å². The van der Waals surface area contributed by atoms with Crippen molar-refractivity contribution in [2.45, 2.75) is 25.8 Å². The lowest BCUT2D eigenvalue weighted by molar-refractivity contribution is -0.135. The first kappa shape index (κ1) is 19.0. The number of pyridine rings is 1. The van der Waals surface area contributed by atoms with E-state index in [1.165, 1.54) is 5.56 Å². The number of carbonyl (C=O) groups excluding carboxylic acids is 2. The fourth-order valence-electron chi connectivity index (χ4n) is 3.25. The van der Waals surface area contributed by atoms with E-state index >= 15 is 0 Å². The Kier molecular flexibility index (Phi) is 6.54. The van der Waals surface area contributed by atoms with Crippen LogP contribution in [0, 0.1) is 6.92 Å². The van der Waals surface area contributed by atoms with Crippen molar-refractivity contribution in [1.82, 2.24) is 20.5 Å². The van der Waals surface area contributed by atoms with Gasteiger partial charge in [0.1, 0.15) is 0 Å². The second-order valence-corrected chi connectivity index (χ2v) is 6.86. The Balaban J connectivity index is 1.49. The molecule has 2 amide bonds. The molecule has 1 aromatic carbocycles. The van der Waals surface area contributed by atoms with Crippen LogP contribution in [0.4, 0.5) is 0 Å². The first-order chi connectivity index (χ1) is 13.1. The molecular weight excluding hydrogens is 340 g/mol. The van der Waals surface area contributed by atoms with Crippen molar-refractivity contribution in [2.75, 3.05) is 26.2 Å². The molecule has 2 heterocycles. The Labute approximate surface area is 160 Å². The van der Waals surface area contributed by atoms with Gasteiger partial charge >= 0.3 is 0 Å². The molecule has 1 fully saturated rings. The van der Waals surface area contributed by atoms with Crippen molar-refractivity contribution in [3.8, 4) is 0 Å². The molecule has 0 aliphatic carbocycles. The number of aromatic nitrogens is 1. The van der Waals surface area contributed by atoms with Gasteiger partial charge in [0.2, 0.25) is 11.8 Å². The van der Waals surface area contributed by atoms with Gasteiger partial charge in [-0.1, -0.05) is 35.9 Å². The molecule has 1 saturated heterocycles. The summed E-state index contributed by atoms with van der Waals surface area (Å²) in [6.07, 6.45) is 4.56. The molecule has 0 radical (unpaired) electrons. The lowest BCUT2D eigenvalue weighted by Gasteiger charge is -2.36. The smallest absolute Gasteiger partial charge is 0.242 e. The largest absolute Gasteiger partial charge is 0.347 e. The molecule has 2 N–H and O–H groups in total. The molecule has 0 bridgehead atoms. The van der Waals surface area contributed by atoms with Gasteiger partial charge in [-0.3, -0.25) is 14.6 Å². The number of hydrogen-bond donors (Lipinski definition) is 2. The molecule has 1 atom stereocenters. The molecule has 1 unspecified atom stereocenters. The zero-order valence-electron chi connectivity index (χ0n) is 15.6. The van der Waals surface area contributed by atoms with Crippen molar-refractivity contribution in [3.05, 3.63) is 65.5 Å². The molecule has 1 aliphatic rings. The predicted octanol–water partition coefficient (Wildman–Crippen LogP) is 1.61. The summed E-state index contributed by atoms with van der Waals surface area (Å²) in [7, 11) is 0. The molecular formula is C21H26N4O2. The minimum Gasteiger partial charge on any atom is -0.347 e. The highest BCUT2D eigenvalue weighted by molar-refractivity contribution is 5.85. The molecule has 142 valence electrons. The fraction of sp³-hybridized carbons (Fsp3) is 0.381. The Morgan fingerprint density at radius 3 is 2.81 bits per heavy atom. The second-order valence-electron chi connectivity index (χ2n) is 6.86. The molecule has 1 aromatic heterocycles. The zero-order chi connectivity index (χ0) is 19.1. The number of amides is 2. The van der Waals surface area contributed by atoms with Gasteiger partial charge in [0.15, 0.2) is 0 Å². The van der Waals surface area contributed by atoms with Crippen LogP contribution in [0.2, 0.25) is 0 Å². The number of rotatable bonds is 6. The van der Waals surface area contributed by atoms with Gasteiger partial charge in [-0.2, -0.15) is 0 Å². The van der Waals surface area contributed by atoms with E-state index < -0.39 is 0 Å². The van der Waals surface area contributed by atoms with Crippen LogP contribution in [0.5, 0.6) is 0 Å². The molecule has 2 aromatic rings. The topological polar surface area (TPSA) is 74.3 Å². The molecule has 6 heteroatoms. The fourth-order valence-corrected chi connectivity index (χ4v) is 3.25. The van der Waals surface area contributed by atoms with E-state index in [0.717, 1.165) is 17.7 Å². The number of piperazine rings is 1. The third kappa shape index (κ3) is 5.37. The highest BCUT2D eigenvalue weighted by Gasteiger charge is 2.27. The van der Waals surface area contributed by atoms with Crippen LogP contribution in [-0.2, 0) is 16.0 Å². The van der Waals surface area contributed by atoms with Gasteiger partial charge in [-0.15, -0.1) is 0 Å². The Morgan fingerprint density at radius 1 is 1.26 bits per heavy atom. The molecule has 0 spiro atoms. The molecule has 27 heavy (non-hydrogen) atoms. The minimum atomic E-state index is -0.100. The van der Waals surface area contributed by atoms with Crippen molar-refractivity contribution in [2.24, 2.45) is 0 Å². The van der Waals surface area contributed by atoms with Crippen molar-refractivity contribution in [3.63, 3.8) is 0 Å². The van der Waals surface area contributed by atoms with E-state index in [9.17, 15) is 9.59 Å². The standard InChI is InChI=1S/C21H26N4O2/c1-16-4-6-17(7-5-16)8-9-20(26)24-15-21(27)25-12-11-23-14-19(25)18-3-2-10-22-13-18/h2-7,10,13,19,23H,8-9,11-12,14-15H2,1H3,(H,24,26). The third-order valence-corrected chi connectivity index (χ3v) is 4.83. The van der Waals surface area contributed by atoms with Gasteiger partial charge in [-0.25, -0.2) is 0 Å². The third-order valence-electron chi connectivity index (χ3n) is 4.83. The first-order valence-corrected chi connectivity index (χ1v) is 9.36. The summed E-state index contributed by atoms with van der Waals surface area (Å²) in [4.78, 5) is 30.8. The van der Waals surface area contributed by atoms with E-state index in [0.29, 0.717) is 25.9 Å². The van der Waals surface area contributed by atoms with Crippen LogP contribution in [0.3, 0.4) is 0 Å². The molecule has 1 aliphatic heterocycles. The van der Waals surface area contributed by atoms with E-state index in [1.807, 2.05) is 48.2 Å². The first-order valence-electron chi connectivity index (χ1n) is 9.36. The van der Waals surface area contributed by atoms with Crippen LogP contribution in [-0.4, -0.2) is 47.9 Å². The number of benzene rings is 1. The van der Waals surface area contributed by atoms with Gasteiger partial charge < -0.3 is 15.5 Å². The number of nitrogens with one attached hydrogen (secondary N) is 2. The highest BCUT2D eigenvalue weighted by Crippen LogP contribution is 2.21. The maximum atomic E-state index is 12.7. The van der Waals surface area contributed by atoms with E-state index in [2.05, 4.69) is 15.6 Å². The van der Waals surface area contributed by atoms with Crippen molar-refractivity contribution in [1.29, 1.82) is 0 Å². The van der Waals surface area contributed by atoms with Crippen molar-refractivity contribution >= 4 is 11.8 Å². The molecule has 3 rings (SSSR count).